The summed E-state index contributed by atoms with van der Waals surface area (Å²) in [5.41, 5.74) is 6.37. The van der Waals surface area contributed by atoms with Gasteiger partial charge in [-0.1, -0.05) is 6.92 Å². The van der Waals surface area contributed by atoms with E-state index < -0.39 is 39.8 Å². The standard InChI is InChI=1S/C30H31FN4O7S.C2HF3O2/c1-5-43(38,39)27-9-6-20(35-17(2)36)12-19(27)16-34-30(37)28(23-14-25(40-3)26(41-4)15-24(23)31)42-21-7-8-22-18(13-21)10-11-33-29(22)32;3-2(4,5)1(6)7/h6-15,28H,5,16H2,1-4H3,(H2,32,33)(H,34,37)(H,35,36);(H,6,7). The smallest absolute Gasteiger partial charge is 0.490 e. The number of carboxylic acid groups (broad SMARTS) is 1. The molecule has 4 aromatic rings. The summed E-state index contributed by atoms with van der Waals surface area (Å²) in [5, 5.41) is 13.7. The fourth-order valence-electron chi connectivity index (χ4n) is 4.45. The van der Waals surface area contributed by atoms with Gasteiger partial charge < -0.3 is 35.7 Å². The molecule has 4 rings (SSSR count). The molecule has 0 saturated heterocycles. The number of pyridine rings is 1. The van der Waals surface area contributed by atoms with Crippen LogP contribution in [0.3, 0.4) is 0 Å². The SMILES string of the molecule is CCS(=O)(=O)c1ccc(NC(C)=O)cc1CNC(=O)C(Oc1ccc2c(N)nccc2c1)c1cc(OC)c(OC)cc1F.O=C(O)C(F)(F)F. The number of carbonyl (C=O) groups is 3. The third-order valence-corrected chi connectivity index (χ3v) is 8.66. The van der Waals surface area contributed by atoms with Crippen molar-refractivity contribution in [1.82, 2.24) is 10.3 Å². The zero-order chi connectivity index (χ0) is 37.4. The number of aliphatic carboxylic acids is 1. The molecule has 1 aromatic heterocycles. The van der Waals surface area contributed by atoms with Crippen molar-refractivity contribution in [2.24, 2.45) is 0 Å². The first kappa shape index (κ1) is 38.8. The van der Waals surface area contributed by atoms with Gasteiger partial charge in [0.25, 0.3) is 5.91 Å². The second-order valence-electron chi connectivity index (χ2n) is 10.2. The molecule has 1 unspecified atom stereocenters. The highest BCUT2D eigenvalue weighted by Gasteiger charge is 2.38. The Hall–Kier alpha value is -5.65. The quantitative estimate of drug-likeness (QED) is 0.155. The highest BCUT2D eigenvalue weighted by Crippen LogP contribution is 2.35. The number of ether oxygens (including phenoxy) is 3. The lowest BCUT2D eigenvalue weighted by atomic mass is 10.1. The van der Waals surface area contributed by atoms with Crippen LogP contribution in [0.5, 0.6) is 17.2 Å². The van der Waals surface area contributed by atoms with E-state index in [-0.39, 0.29) is 51.5 Å². The number of hydrogen-bond acceptors (Lipinski definition) is 10. The highest BCUT2D eigenvalue weighted by molar-refractivity contribution is 7.91. The van der Waals surface area contributed by atoms with E-state index in [4.69, 9.17) is 29.8 Å². The molecule has 50 heavy (non-hydrogen) atoms. The molecule has 0 saturated carbocycles. The summed E-state index contributed by atoms with van der Waals surface area (Å²) >= 11 is 0. The third kappa shape index (κ3) is 9.71. The van der Waals surface area contributed by atoms with Crippen molar-refractivity contribution < 1.29 is 59.7 Å². The number of aromatic nitrogens is 1. The van der Waals surface area contributed by atoms with Crippen molar-refractivity contribution in [2.75, 3.05) is 31.0 Å². The first-order valence-electron chi connectivity index (χ1n) is 14.3. The fraction of sp³-hybridized carbons (Fsp3) is 0.250. The first-order chi connectivity index (χ1) is 23.4. The molecule has 2 amide bonds. The van der Waals surface area contributed by atoms with Gasteiger partial charge in [-0.05, 0) is 59.5 Å². The predicted octanol–water partition coefficient (Wildman–Crippen LogP) is 4.80. The van der Waals surface area contributed by atoms with E-state index in [1.807, 2.05) is 0 Å². The van der Waals surface area contributed by atoms with Gasteiger partial charge in [0.05, 0.1) is 24.9 Å². The number of carboxylic acids is 1. The molecule has 0 aliphatic heterocycles. The van der Waals surface area contributed by atoms with Gasteiger partial charge in [0.2, 0.25) is 12.0 Å². The Morgan fingerprint density at radius 1 is 1.00 bits per heavy atom. The number of alkyl halides is 3. The number of carbonyl (C=O) groups excluding carboxylic acids is 2. The number of fused-ring (bicyclic) bond motifs is 1. The maximum Gasteiger partial charge on any atom is 0.490 e. The van der Waals surface area contributed by atoms with E-state index in [0.29, 0.717) is 22.3 Å². The number of halogens is 4. The van der Waals surface area contributed by atoms with Gasteiger partial charge >= 0.3 is 12.1 Å². The molecule has 0 aliphatic rings. The van der Waals surface area contributed by atoms with Crippen LogP contribution in [0.4, 0.5) is 29.1 Å². The molecule has 0 aliphatic carbocycles. The van der Waals surface area contributed by atoms with E-state index in [0.717, 1.165) is 6.07 Å². The molecule has 1 atom stereocenters. The number of benzene rings is 3. The predicted molar refractivity (Wildman–Crippen MR) is 173 cm³/mol. The van der Waals surface area contributed by atoms with Crippen LogP contribution in [0.2, 0.25) is 0 Å². The second-order valence-corrected chi connectivity index (χ2v) is 12.5. The van der Waals surface area contributed by atoms with Gasteiger partial charge in [0.1, 0.15) is 17.4 Å². The van der Waals surface area contributed by atoms with Crippen LogP contribution in [-0.2, 0) is 30.8 Å². The van der Waals surface area contributed by atoms with Crippen LogP contribution in [0.15, 0.2) is 65.7 Å². The summed E-state index contributed by atoms with van der Waals surface area (Å²) in [6.07, 6.45) is -5.10. The van der Waals surface area contributed by atoms with Gasteiger partial charge in [-0.15, -0.1) is 0 Å². The molecular formula is C32H32F4N4O9S. The number of rotatable bonds is 11. The number of hydrogen-bond donors (Lipinski definition) is 4. The number of nitrogen functional groups attached to an aromatic ring is 1. The lowest BCUT2D eigenvalue weighted by molar-refractivity contribution is -0.192. The minimum Gasteiger partial charge on any atom is -0.493 e. The first-order valence-corrected chi connectivity index (χ1v) is 16.0. The molecule has 18 heteroatoms. The van der Waals surface area contributed by atoms with Crippen molar-refractivity contribution in [3.63, 3.8) is 0 Å². The van der Waals surface area contributed by atoms with E-state index in [2.05, 4.69) is 15.6 Å². The number of methoxy groups -OCH3 is 2. The van der Waals surface area contributed by atoms with Crippen LogP contribution >= 0.6 is 0 Å². The molecule has 5 N–H and O–H groups in total. The number of nitrogens with zero attached hydrogens (tertiary/aromatic N) is 1. The van der Waals surface area contributed by atoms with Gasteiger partial charge in [-0.25, -0.2) is 22.6 Å². The zero-order valence-corrected chi connectivity index (χ0v) is 27.7. The summed E-state index contributed by atoms with van der Waals surface area (Å²) in [6.45, 7) is 2.54. The van der Waals surface area contributed by atoms with Gasteiger partial charge in [0.15, 0.2) is 21.3 Å². The maximum absolute atomic E-state index is 15.4. The molecule has 1 heterocycles. The molecule has 0 bridgehead atoms. The molecule has 3 aromatic carbocycles. The van der Waals surface area contributed by atoms with Crippen molar-refractivity contribution in [3.05, 3.63) is 77.7 Å². The largest absolute Gasteiger partial charge is 0.493 e. The molecule has 0 spiro atoms. The number of nitrogens with two attached hydrogens (primary N) is 1. The molecule has 0 fully saturated rings. The average Bonchev–Trinajstić information content (AvgIpc) is 3.05. The highest BCUT2D eigenvalue weighted by atomic mass is 32.2. The van der Waals surface area contributed by atoms with Gasteiger partial charge in [-0.2, -0.15) is 13.2 Å². The summed E-state index contributed by atoms with van der Waals surface area (Å²) < 4.78 is 89.3. The van der Waals surface area contributed by atoms with E-state index >= 15 is 4.39 Å². The molecule has 268 valence electrons. The van der Waals surface area contributed by atoms with Crippen LogP contribution in [0.25, 0.3) is 10.8 Å². The van der Waals surface area contributed by atoms with E-state index in [1.54, 1.807) is 24.3 Å². The Kier molecular flexibility index (Phi) is 12.5. The summed E-state index contributed by atoms with van der Waals surface area (Å²) in [4.78, 5) is 38.3. The minimum atomic E-state index is -5.08. The normalized spacial score (nSPS) is 11.8. The Bertz CT molecular complexity index is 2010. The van der Waals surface area contributed by atoms with Crippen LogP contribution < -0.4 is 30.6 Å². The zero-order valence-electron chi connectivity index (χ0n) is 26.9. The Labute approximate surface area is 283 Å². The van der Waals surface area contributed by atoms with Crippen LogP contribution in [-0.4, -0.2) is 62.4 Å². The molecular weight excluding hydrogens is 692 g/mol. The van der Waals surface area contributed by atoms with E-state index in [9.17, 15) is 31.2 Å². The number of anilines is 2. The van der Waals surface area contributed by atoms with Crippen molar-refractivity contribution in [2.45, 2.75) is 37.6 Å². The monoisotopic (exact) mass is 724 g/mol. The molecule has 0 radical (unpaired) electrons. The Morgan fingerprint density at radius 3 is 2.22 bits per heavy atom. The third-order valence-electron chi connectivity index (χ3n) is 6.84. The van der Waals surface area contributed by atoms with Crippen LogP contribution in [0.1, 0.15) is 31.1 Å². The maximum atomic E-state index is 15.4. The minimum absolute atomic E-state index is 0.0140. The Balaban J connectivity index is 0.000000872. The number of amides is 2. The molecule has 13 nitrogen and oxygen atoms in total. The second kappa shape index (κ2) is 16.2. The fourth-order valence-corrected chi connectivity index (χ4v) is 5.57. The Morgan fingerprint density at radius 2 is 1.64 bits per heavy atom. The van der Waals surface area contributed by atoms with Gasteiger partial charge in [-0.3, -0.25) is 9.59 Å². The number of nitrogens with one attached hydrogen (secondary N) is 2. The van der Waals surface area contributed by atoms with Crippen molar-refractivity contribution in [3.8, 4) is 17.2 Å². The van der Waals surface area contributed by atoms with Crippen LogP contribution in [0, 0.1) is 5.82 Å². The van der Waals surface area contributed by atoms with E-state index in [1.165, 1.54) is 58.5 Å². The van der Waals surface area contributed by atoms with Gasteiger partial charge in [0, 0.05) is 42.4 Å². The van der Waals surface area contributed by atoms with Crippen molar-refractivity contribution >= 4 is 49.9 Å². The van der Waals surface area contributed by atoms with Crippen molar-refractivity contribution in [1.29, 1.82) is 0 Å². The lowest BCUT2D eigenvalue weighted by Crippen LogP contribution is -2.33. The summed E-state index contributed by atoms with van der Waals surface area (Å²) in [5.74, 6) is -4.05. The summed E-state index contributed by atoms with van der Waals surface area (Å²) in [7, 11) is -0.970. The summed E-state index contributed by atoms with van der Waals surface area (Å²) in [6, 6.07) is 13.2. The topological polar surface area (TPSA) is 196 Å². The average molecular weight is 725 g/mol. The lowest BCUT2D eigenvalue weighted by Gasteiger charge is -2.22. The number of sulfone groups is 1.